The number of ether oxygens (including phenoxy) is 1. The summed E-state index contributed by atoms with van der Waals surface area (Å²) in [6.07, 6.45) is 8.49. The Morgan fingerprint density at radius 1 is 1.11 bits per heavy atom. The van der Waals surface area contributed by atoms with Crippen molar-refractivity contribution in [3.05, 3.63) is 43.0 Å². The minimum atomic E-state index is 0.263. The fourth-order valence-corrected chi connectivity index (χ4v) is 2.11. The fourth-order valence-electron chi connectivity index (χ4n) is 2.11. The van der Waals surface area contributed by atoms with Crippen molar-refractivity contribution < 1.29 is 4.74 Å². The number of nitrogens with zero attached hydrogens (tertiary/aromatic N) is 2. The molecule has 1 aliphatic heterocycles. The first-order valence-corrected chi connectivity index (χ1v) is 6.14. The summed E-state index contributed by atoms with van der Waals surface area (Å²) in [6.45, 7) is 1.95. The van der Waals surface area contributed by atoms with E-state index in [1.165, 1.54) is 0 Å². The molecule has 4 heteroatoms. The van der Waals surface area contributed by atoms with Crippen LogP contribution in [-0.2, 0) is 0 Å². The molecule has 0 spiro atoms. The van der Waals surface area contributed by atoms with Crippen molar-refractivity contribution in [2.75, 3.05) is 13.1 Å². The minimum Gasteiger partial charge on any atom is -0.487 e. The van der Waals surface area contributed by atoms with E-state index in [2.05, 4.69) is 15.3 Å². The molecule has 0 bridgehead atoms. The smallest absolute Gasteiger partial charge is 0.138 e. The molecule has 0 saturated carbocycles. The Morgan fingerprint density at radius 2 is 2.00 bits per heavy atom. The van der Waals surface area contributed by atoms with Gasteiger partial charge in [0.2, 0.25) is 0 Å². The van der Waals surface area contributed by atoms with Crippen LogP contribution in [0.3, 0.4) is 0 Å². The van der Waals surface area contributed by atoms with Crippen molar-refractivity contribution in [2.24, 2.45) is 0 Å². The molecule has 0 unspecified atom stereocenters. The normalized spacial score (nSPS) is 18.8. The lowest BCUT2D eigenvalue weighted by Gasteiger charge is -2.12. The number of aromatic nitrogens is 2. The zero-order valence-corrected chi connectivity index (χ0v) is 10.0. The first-order chi connectivity index (χ1) is 8.92. The zero-order chi connectivity index (χ0) is 12.2. The van der Waals surface area contributed by atoms with Crippen LogP contribution >= 0.6 is 0 Å². The van der Waals surface area contributed by atoms with Gasteiger partial charge in [0.1, 0.15) is 11.9 Å². The fraction of sp³-hybridized carbons (Fsp3) is 0.286. The molecule has 0 radical (unpaired) electrons. The van der Waals surface area contributed by atoms with Gasteiger partial charge in [-0.2, -0.15) is 0 Å². The summed E-state index contributed by atoms with van der Waals surface area (Å²) in [5.41, 5.74) is 2.16. The molecule has 1 fully saturated rings. The van der Waals surface area contributed by atoms with Crippen LogP contribution in [0.4, 0.5) is 0 Å². The monoisotopic (exact) mass is 241 g/mol. The molecule has 1 aliphatic rings. The predicted molar refractivity (Wildman–Crippen MR) is 69.4 cm³/mol. The Labute approximate surface area is 106 Å². The summed E-state index contributed by atoms with van der Waals surface area (Å²) >= 11 is 0. The van der Waals surface area contributed by atoms with Gasteiger partial charge in [-0.15, -0.1) is 0 Å². The molecule has 18 heavy (non-hydrogen) atoms. The van der Waals surface area contributed by atoms with E-state index in [4.69, 9.17) is 4.74 Å². The standard InChI is InChI=1S/C14H15N3O/c1-4-15-5-2-11(1)12-7-14(10-17-8-12)18-13-3-6-16-9-13/h1-2,4-5,7-8,10,13,16H,3,6,9H2/t13-/m1/s1. The van der Waals surface area contributed by atoms with Crippen LogP contribution in [0, 0.1) is 0 Å². The molecule has 1 atom stereocenters. The van der Waals surface area contributed by atoms with Crippen molar-refractivity contribution >= 4 is 0 Å². The molecule has 92 valence electrons. The molecule has 2 aromatic rings. The van der Waals surface area contributed by atoms with Gasteiger partial charge in [-0.1, -0.05) is 0 Å². The Bertz CT molecular complexity index is 509. The van der Waals surface area contributed by atoms with E-state index in [0.717, 1.165) is 36.4 Å². The van der Waals surface area contributed by atoms with E-state index in [-0.39, 0.29) is 6.10 Å². The third-order valence-electron chi connectivity index (χ3n) is 3.04. The van der Waals surface area contributed by atoms with Gasteiger partial charge in [-0.05, 0) is 36.7 Å². The van der Waals surface area contributed by atoms with Gasteiger partial charge in [0, 0.05) is 30.7 Å². The van der Waals surface area contributed by atoms with E-state index < -0.39 is 0 Å². The molecule has 1 saturated heterocycles. The summed E-state index contributed by atoms with van der Waals surface area (Å²) in [6, 6.07) is 5.97. The van der Waals surface area contributed by atoms with Gasteiger partial charge in [-0.3, -0.25) is 9.97 Å². The van der Waals surface area contributed by atoms with Crippen LogP contribution in [-0.4, -0.2) is 29.2 Å². The molecule has 4 nitrogen and oxygen atoms in total. The highest BCUT2D eigenvalue weighted by Gasteiger charge is 2.16. The SMILES string of the molecule is c1cc(-c2cncc(O[C@@H]3CCNC3)c2)ccn1. The predicted octanol–water partition coefficient (Wildman–Crippen LogP) is 1.88. The van der Waals surface area contributed by atoms with Gasteiger partial charge in [0.25, 0.3) is 0 Å². The second-order valence-electron chi connectivity index (χ2n) is 4.38. The summed E-state index contributed by atoms with van der Waals surface area (Å²) in [5, 5.41) is 3.29. The highest BCUT2D eigenvalue weighted by molar-refractivity contribution is 5.63. The van der Waals surface area contributed by atoms with Crippen LogP contribution < -0.4 is 10.1 Å². The van der Waals surface area contributed by atoms with Crippen molar-refractivity contribution in [1.82, 2.24) is 15.3 Å². The zero-order valence-electron chi connectivity index (χ0n) is 10.0. The average Bonchev–Trinajstić information content (AvgIpc) is 2.93. The molecule has 3 heterocycles. The summed E-state index contributed by atoms with van der Waals surface area (Å²) in [5.74, 6) is 0.831. The van der Waals surface area contributed by atoms with E-state index in [1.807, 2.05) is 24.4 Å². The summed E-state index contributed by atoms with van der Waals surface area (Å²) < 4.78 is 5.90. The van der Waals surface area contributed by atoms with E-state index in [1.54, 1.807) is 18.6 Å². The first kappa shape index (κ1) is 11.2. The second-order valence-corrected chi connectivity index (χ2v) is 4.38. The largest absolute Gasteiger partial charge is 0.487 e. The van der Waals surface area contributed by atoms with Crippen LogP contribution in [0.1, 0.15) is 6.42 Å². The van der Waals surface area contributed by atoms with E-state index in [9.17, 15) is 0 Å². The number of rotatable bonds is 3. The Morgan fingerprint density at radius 3 is 2.78 bits per heavy atom. The van der Waals surface area contributed by atoms with E-state index >= 15 is 0 Å². The van der Waals surface area contributed by atoms with Gasteiger partial charge < -0.3 is 10.1 Å². The Kier molecular flexibility index (Phi) is 3.19. The molecule has 2 aromatic heterocycles. The lowest BCUT2D eigenvalue weighted by molar-refractivity contribution is 0.222. The second kappa shape index (κ2) is 5.14. The molecule has 0 aromatic carbocycles. The van der Waals surface area contributed by atoms with Crippen molar-refractivity contribution in [1.29, 1.82) is 0 Å². The highest BCUT2D eigenvalue weighted by Crippen LogP contribution is 2.23. The summed E-state index contributed by atoms with van der Waals surface area (Å²) in [4.78, 5) is 8.25. The lowest BCUT2D eigenvalue weighted by Crippen LogP contribution is -2.19. The van der Waals surface area contributed by atoms with Gasteiger partial charge in [0.05, 0.1) is 6.20 Å². The van der Waals surface area contributed by atoms with Crippen LogP contribution in [0.15, 0.2) is 43.0 Å². The maximum Gasteiger partial charge on any atom is 0.138 e. The highest BCUT2D eigenvalue weighted by atomic mass is 16.5. The van der Waals surface area contributed by atoms with Crippen molar-refractivity contribution in [2.45, 2.75) is 12.5 Å². The van der Waals surface area contributed by atoms with Crippen molar-refractivity contribution in [3.8, 4) is 16.9 Å². The van der Waals surface area contributed by atoms with Crippen molar-refractivity contribution in [3.63, 3.8) is 0 Å². The lowest BCUT2D eigenvalue weighted by atomic mass is 10.1. The first-order valence-electron chi connectivity index (χ1n) is 6.14. The quantitative estimate of drug-likeness (QED) is 0.891. The average molecular weight is 241 g/mol. The molecule has 3 rings (SSSR count). The number of pyridine rings is 2. The third-order valence-corrected chi connectivity index (χ3v) is 3.04. The minimum absolute atomic E-state index is 0.263. The van der Waals surface area contributed by atoms with E-state index in [0.29, 0.717) is 0 Å². The maximum atomic E-state index is 5.90. The molecule has 0 amide bonds. The molecule has 0 aliphatic carbocycles. The third kappa shape index (κ3) is 2.49. The maximum absolute atomic E-state index is 5.90. The van der Waals surface area contributed by atoms with Gasteiger partial charge in [-0.25, -0.2) is 0 Å². The molecular weight excluding hydrogens is 226 g/mol. The Balaban J connectivity index is 1.80. The number of nitrogens with one attached hydrogen (secondary N) is 1. The molecule has 1 N–H and O–H groups in total. The van der Waals surface area contributed by atoms with Crippen LogP contribution in [0.5, 0.6) is 5.75 Å². The van der Waals surface area contributed by atoms with Gasteiger partial charge >= 0.3 is 0 Å². The summed E-state index contributed by atoms with van der Waals surface area (Å²) in [7, 11) is 0. The van der Waals surface area contributed by atoms with Crippen LogP contribution in [0.25, 0.3) is 11.1 Å². The topological polar surface area (TPSA) is 47.0 Å². The van der Waals surface area contributed by atoms with Gasteiger partial charge in [0.15, 0.2) is 0 Å². The number of hydrogen-bond acceptors (Lipinski definition) is 4. The molecular formula is C14H15N3O. The Hall–Kier alpha value is -1.94. The van der Waals surface area contributed by atoms with Crippen LogP contribution in [0.2, 0.25) is 0 Å². The number of hydrogen-bond donors (Lipinski definition) is 1.